The van der Waals surface area contributed by atoms with Crippen molar-refractivity contribution in [3.63, 3.8) is 0 Å². The Morgan fingerprint density at radius 1 is 1.22 bits per heavy atom. The minimum absolute atomic E-state index is 0.426. The van der Waals surface area contributed by atoms with Crippen molar-refractivity contribution >= 4 is 41.7 Å². The van der Waals surface area contributed by atoms with Crippen molar-refractivity contribution in [2.45, 2.75) is 24.0 Å². The van der Waals surface area contributed by atoms with E-state index >= 15 is 0 Å². The van der Waals surface area contributed by atoms with Gasteiger partial charge in [0.05, 0.1) is 5.92 Å². The molecular weight excluding hydrogens is 336 g/mol. The van der Waals surface area contributed by atoms with E-state index in [-0.39, 0.29) is 0 Å². The summed E-state index contributed by atoms with van der Waals surface area (Å²) in [5.74, 6) is -2.60. The van der Waals surface area contributed by atoms with Crippen LogP contribution in [0.5, 0.6) is 0 Å². The van der Waals surface area contributed by atoms with E-state index in [1.165, 1.54) is 11.8 Å². The second-order valence-corrected chi connectivity index (χ2v) is 7.95. The Bertz CT molecular complexity index is 564. The fourth-order valence-electron chi connectivity index (χ4n) is 2.83. The molecule has 2 rings (SSSR count). The number of carboxylic acid groups (broad SMARTS) is 2. The minimum Gasteiger partial charge on any atom is -0.481 e. The summed E-state index contributed by atoms with van der Waals surface area (Å²) < 4.78 is 0. The Morgan fingerprint density at radius 2 is 2.00 bits per heavy atom. The van der Waals surface area contributed by atoms with Crippen LogP contribution in [0.15, 0.2) is 24.3 Å². The lowest BCUT2D eigenvalue weighted by Crippen LogP contribution is -2.34. The van der Waals surface area contributed by atoms with Gasteiger partial charge in [0.25, 0.3) is 0 Å². The van der Waals surface area contributed by atoms with Crippen LogP contribution in [0.4, 0.5) is 0 Å². The topological polar surface area (TPSA) is 91.7 Å². The maximum atomic E-state index is 11.8. The molecule has 23 heavy (non-hydrogen) atoms. The second kappa shape index (κ2) is 8.40. The predicted octanol–water partition coefficient (Wildman–Crippen LogP) is 2.95. The Kier molecular flexibility index (Phi) is 6.53. The number of hydrogen-bond donors (Lipinski definition) is 2. The van der Waals surface area contributed by atoms with Crippen LogP contribution < -0.4 is 0 Å². The summed E-state index contributed by atoms with van der Waals surface area (Å²) in [6.07, 6.45) is 1.86. The van der Waals surface area contributed by atoms with Crippen LogP contribution in [-0.4, -0.2) is 44.5 Å². The average Bonchev–Trinajstić information content (AvgIpc) is 2.64. The van der Waals surface area contributed by atoms with Gasteiger partial charge in [0.15, 0.2) is 0 Å². The van der Waals surface area contributed by atoms with Gasteiger partial charge < -0.3 is 10.2 Å². The standard InChI is InChI=1S/C16H18O5S2/c17-8-10-3-1-4-11(7-10)13-12(15(18)19)5-2-6-22-9-23-14(13)16(20)21/h1,3-4,7-8,12-14H,2,5-6,9H2,(H,18,19)(H,20,21). The lowest BCUT2D eigenvalue weighted by Gasteiger charge is -2.28. The van der Waals surface area contributed by atoms with Gasteiger partial charge in [0.1, 0.15) is 11.5 Å². The number of carbonyl (C=O) groups excluding carboxylic acids is 1. The first-order valence-electron chi connectivity index (χ1n) is 7.24. The SMILES string of the molecule is O=Cc1cccc(C2C(C(=O)O)CCCSCSC2C(=O)O)c1. The maximum absolute atomic E-state index is 11.8. The number of rotatable bonds is 4. The van der Waals surface area contributed by atoms with Gasteiger partial charge in [0, 0.05) is 16.6 Å². The van der Waals surface area contributed by atoms with Crippen LogP contribution >= 0.6 is 23.5 Å². The minimum atomic E-state index is -1.01. The first kappa shape index (κ1) is 17.9. The number of carboxylic acids is 2. The molecule has 1 aromatic carbocycles. The fraction of sp³-hybridized carbons (Fsp3) is 0.438. The Labute approximate surface area is 142 Å². The van der Waals surface area contributed by atoms with E-state index in [4.69, 9.17) is 0 Å². The monoisotopic (exact) mass is 354 g/mol. The Balaban J connectivity index is 2.50. The van der Waals surface area contributed by atoms with Crippen molar-refractivity contribution in [3.05, 3.63) is 35.4 Å². The maximum Gasteiger partial charge on any atom is 0.317 e. The third-order valence-corrected chi connectivity index (χ3v) is 6.53. The number of carbonyl (C=O) groups is 3. The average molecular weight is 354 g/mol. The molecule has 3 unspecified atom stereocenters. The summed E-state index contributed by atoms with van der Waals surface area (Å²) in [6, 6.07) is 6.62. The van der Waals surface area contributed by atoms with Gasteiger partial charge in [0.2, 0.25) is 0 Å². The second-order valence-electron chi connectivity index (χ2n) is 5.35. The normalized spacial score (nSPS) is 25.7. The summed E-state index contributed by atoms with van der Waals surface area (Å²) >= 11 is 2.90. The summed E-state index contributed by atoms with van der Waals surface area (Å²) in [5, 5.41) is 19.0. The molecule has 1 heterocycles. The summed E-state index contributed by atoms with van der Waals surface area (Å²) in [5.41, 5.74) is 1.03. The van der Waals surface area contributed by atoms with Crippen LogP contribution in [0.25, 0.3) is 0 Å². The molecule has 0 aromatic heterocycles. The van der Waals surface area contributed by atoms with E-state index in [9.17, 15) is 24.6 Å². The van der Waals surface area contributed by atoms with Crippen LogP contribution in [0.3, 0.4) is 0 Å². The van der Waals surface area contributed by atoms with Crippen molar-refractivity contribution in [3.8, 4) is 0 Å². The number of thioether (sulfide) groups is 2. The molecule has 0 saturated carbocycles. The molecule has 0 spiro atoms. The molecule has 5 nitrogen and oxygen atoms in total. The molecule has 3 atom stereocenters. The zero-order valence-corrected chi connectivity index (χ0v) is 14.0. The third kappa shape index (κ3) is 4.51. The van der Waals surface area contributed by atoms with Crippen molar-refractivity contribution in [1.82, 2.24) is 0 Å². The van der Waals surface area contributed by atoms with E-state index in [0.29, 0.717) is 28.9 Å². The van der Waals surface area contributed by atoms with Crippen molar-refractivity contribution in [2.75, 3.05) is 10.8 Å². The highest BCUT2D eigenvalue weighted by atomic mass is 32.2. The Morgan fingerprint density at radius 3 is 2.65 bits per heavy atom. The summed E-state index contributed by atoms with van der Waals surface area (Å²) in [7, 11) is 0. The van der Waals surface area contributed by atoms with Gasteiger partial charge in [-0.2, -0.15) is 11.8 Å². The van der Waals surface area contributed by atoms with Gasteiger partial charge in [-0.05, 0) is 30.2 Å². The molecule has 1 aliphatic rings. The molecule has 0 bridgehead atoms. The first-order chi connectivity index (χ1) is 11.0. The van der Waals surface area contributed by atoms with E-state index in [1.54, 1.807) is 36.0 Å². The fourth-order valence-corrected chi connectivity index (χ4v) is 5.34. The van der Waals surface area contributed by atoms with E-state index in [1.807, 2.05) is 0 Å². The van der Waals surface area contributed by atoms with Crippen molar-refractivity contribution in [2.24, 2.45) is 5.92 Å². The van der Waals surface area contributed by atoms with Gasteiger partial charge >= 0.3 is 11.9 Å². The van der Waals surface area contributed by atoms with Gasteiger partial charge in [-0.15, -0.1) is 11.8 Å². The van der Waals surface area contributed by atoms with E-state index in [0.717, 1.165) is 12.2 Å². The molecule has 0 amide bonds. The van der Waals surface area contributed by atoms with Crippen molar-refractivity contribution < 1.29 is 24.6 Å². The zero-order valence-electron chi connectivity index (χ0n) is 12.4. The van der Waals surface area contributed by atoms with E-state index < -0.39 is 29.0 Å². The van der Waals surface area contributed by atoms with Crippen molar-refractivity contribution in [1.29, 1.82) is 0 Å². The highest BCUT2D eigenvalue weighted by Crippen LogP contribution is 2.40. The molecule has 2 N–H and O–H groups in total. The predicted molar refractivity (Wildman–Crippen MR) is 91.3 cm³/mol. The molecule has 1 aromatic rings. The largest absolute Gasteiger partial charge is 0.481 e. The quantitative estimate of drug-likeness (QED) is 0.803. The lowest BCUT2D eigenvalue weighted by atomic mass is 9.80. The summed E-state index contributed by atoms with van der Waals surface area (Å²) in [4.78, 5) is 34.5. The smallest absolute Gasteiger partial charge is 0.317 e. The number of hydrogen-bond acceptors (Lipinski definition) is 5. The first-order valence-corrected chi connectivity index (χ1v) is 9.45. The lowest BCUT2D eigenvalue weighted by molar-refractivity contribution is -0.143. The summed E-state index contributed by atoms with van der Waals surface area (Å²) in [6.45, 7) is 0. The zero-order chi connectivity index (χ0) is 16.8. The number of aldehydes is 1. The van der Waals surface area contributed by atoms with Crippen LogP contribution in [0, 0.1) is 5.92 Å². The van der Waals surface area contributed by atoms with Gasteiger partial charge in [-0.1, -0.05) is 18.2 Å². The number of aliphatic carboxylic acids is 2. The Hall–Kier alpha value is -1.47. The van der Waals surface area contributed by atoms with Gasteiger partial charge in [-0.25, -0.2) is 0 Å². The van der Waals surface area contributed by atoms with Crippen LogP contribution in [0.2, 0.25) is 0 Å². The molecular formula is C16H18O5S2. The van der Waals surface area contributed by atoms with E-state index in [2.05, 4.69) is 0 Å². The highest BCUT2D eigenvalue weighted by molar-refractivity contribution is 8.16. The third-order valence-electron chi connectivity index (χ3n) is 3.89. The molecule has 0 aliphatic carbocycles. The van der Waals surface area contributed by atoms with Crippen LogP contribution in [0.1, 0.15) is 34.7 Å². The molecule has 1 fully saturated rings. The molecule has 7 heteroatoms. The van der Waals surface area contributed by atoms with Gasteiger partial charge in [-0.3, -0.25) is 14.4 Å². The number of benzene rings is 1. The molecule has 124 valence electrons. The molecule has 0 radical (unpaired) electrons. The molecule has 1 aliphatic heterocycles. The highest BCUT2D eigenvalue weighted by Gasteiger charge is 2.39. The van der Waals surface area contributed by atoms with Crippen LogP contribution in [-0.2, 0) is 9.59 Å². The molecule has 1 saturated heterocycles.